The van der Waals surface area contributed by atoms with Gasteiger partial charge in [-0.1, -0.05) is 42.5 Å². The highest BCUT2D eigenvalue weighted by molar-refractivity contribution is 14.0. The van der Waals surface area contributed by atoms with Crippen molar-refractivity contribution < 1.29 is 9.53 Å². The van der Waals surface area contributed by atoms with Crippen molar-refractivity contribution in [3.63, 3.8) is 0 Å². The third-order valence-electron chi connectivity index (χ3n) is 4.50. The highest BCUT2D eigenvalue weighted by Crippen LogP contribution is 2.12. The van der Waals surface area contributed by atoms with E-state index in [1.807, 2.05) is 78.4 Å². The third kappa shape index (κ3) is 7.92. The maximum absolute atomic E-state index is 12.6. The topological polar surface area (TPSA) is 57.2 Å². The first kappa shape index (κ1) is 24.7. The fourth-order valence-electron chi connectivity index (χ4n) is 2.91. The van der Waals surface area contributed by atoms with Crippen LogP contribution < -0.4 is 10.1 Å². The largest absolute Gasteiger partial charge is 0.497 e. The van der Waals surface area contributed by atoms with Crippen molar-refractivity contribution in [3.8, 4) is 5.75 Å². The van der Waals surface area contributed by atoms with E-state index in [0.29, 0.717) is 25.6 Å². The van der Waals surface area contributed by atoms with Crippen LogP contribution in [0.1, 0.15) is 18.1 Å². The third-order valence-corrected chi connectivity index (χ3v) is 4.50. The Balaban J connectivity index is 0.00000420. The minimum Gasteiger partial charge on any atom is -0.497 e. The van der Waals surface area contributed by atoms with Crippen molar-refractivity contribution in [1.82, 2.24) is 15.1 Å². The maximum Gasteiger partial charge on any atom is 0.242 e. The predicted octanol–water partition coefficient (Wildman–Crippen LogP) is 3.37. The SMILES string of the molecule is CCN(Cc1ccccc1)C(=O)CNC(=NC)N(C)Cc1ccc(OC)cc1.I. The van der Waals surface area contributed by atoms with E-state index >= 15 is 0 Å². The lowest BCUT2D eigenvalue weighted by molar-refractivity contribution is -0.130. The average Bonchev–Trinajstić information content (AvgIpc) is 2.73. The van der Waals surface area contributed by atoms with Crippen LogP contribution in [0.3, 0.4) is 0 Å². The predicted molar refractivity (Wildman–Crippen MR) is 129 cm³/mol. The molecule has 7 heteroatoms. The number of guanidine groups is 1. The lowest BCUT2D eigenvalue weighted by Gasteiger charge is -2.25. The van der Waals surface area contributed by atoms with Gasteiger partial charge < -0.3 is 19.9 Å². The summed E-state index contributed by atoms with van der Waals surface area (Å²) in [4.78, 5) is 20.7. The van der Waals surface area contributed by atoms with Crippen molar-refractivity contribution in [2.45, 2.75) is 20.0 Å². The molecule has 0 fully saturated rings. The molecule has 0 unspecified atom stereocenters. The summed E-state index contributed by atoms with van der Waals surface area (Å²) in [5.74, 6) is 1.56. The van der Waals surface area contributed by atoms with Gasteiger partial charge in [0.1, 0.15) is 5.75 Å². The molecule has 0 aliphatic heterocycles. The number of carbonyl (C=O) groups excluding carboxylic acids is 1. The smallest absolute Gasteiger partial charge is 0.242 e. The number of rotatable bonds is 8. The highest BCUT2D eigenvalue weighted by Gasteiger charge is 2.14. The van der Waals surface area contributed by atoms with Gasteiger partial charge in [0.25, 0.3) is 0 Å². The fourth-order valence-corrected chi connectivity index (χ4v) is 2.91. The molecule has 0 aromatic heterocycles. The van der Waals surface area contributed by atoms with E-state index in [-0.39, 0.29) is 36.4 Å². The van der Waals surface area contributed by atoms with Crippen LogP contribution in [0.4, 0.5) is 0 Å². The first-order chi connectivity index (χ1) is 13.6. The molecule has 29 heavy (non-hydrogen) atoms. The molecule has 1 amide bonds. The van der Waals surface area contributed by atoms with Crippen molar-refractivity contribution in [2.24, 2.45) is 4.99 Å². The van der Waals surface area contributed by atoms with Gasteiger partial charge in [-0.25, -0.2) is 0 Å². The molecule has 6 nitrogen and oxygen atoms in total. The number of carbonyl (C=O) groups is 1. The first-order valence-corrected chi connectivity index (χ1v) is 9.43. The van der Waals surface area contributed by atoms with Crippen LogP contribution in [0.5, 0.6) is 5.75 Å². The van der Waals surface area contributed by atoms with Gasteiger partial charge in [-0.2, -0.15) is 0 Å². The molecule has 2 aromatic rings. The molecule has 0 aliphatic rings. The number of ether oxygens (including phenoxy) is 1. The number of aliphatic imine (C=N–C) groups is 1. The van der Waals surface area contributed by atoms with Crippen LogP contribution in [0, 0.1) is 0 Å². The van der Waals surface area contributed by atoms with E-state index in [1.54, 1.807) is 14.2 Å². The summed E-state index contributed by atoms with van der Waals surface area (Å²) >= 11 is 0. The Hall–Kier alpha value is -2.29. The van der Waals surface area contributed by atoms with Crippen molar-refractivity contribution in [1.29, 1.82) is 0 Å². The Labute approximate surface area is 191 Å². The Morgan fingerprint density at radius 2 is 1.66 bits per heavy atom. The highest BCUT2D eigenvalue weighted by atomic mass is 127. The second-order valence-corrected chi connectivity index (χ2v) is 6.50. The molecule has 2 aromatic carbocycles. The van der Waals surface area contributed by atoms with Gasteiger partial charge in [0.15, 0.2) is 5.96 Å². The fraction of sp³-hybridized carbons (Fsp3) is 0.364. The van der Waals surface area contributed by atoms with Gasteiger partial charge in [-0.3, -0.25) is 9.79 Å². The van der Waals surface area contributed by atoms with Gasteiger partial charge >= 0.3 is 0 Å². The number of methoxy groups -OCH3 is 1. The van der Waals surface area contributed by atoms with E-state index in [2.05, 4.69) is 10.3 Å². The van der Waals surface area contributed by atoms with Crippen LogP contribution in [-0.2, 0) is 17.9 Å². The van der Waals surface area contributed by atoms with Gasteiger partial charge in [0, 0.05) is 33.7 Å². The van der Waals surface area contributed by atoms with Crippen LogP contribution >= 0.6 is 24.0 Å². The summed E-state index contributed by atoms with van der Waals surface area (Å²) in [6, 6.07) is 17.9. The van der Waals surface area contributed by atoms with Gasteiger partial charge in [0.2, 0.25) is 5.91 Å². The van der Waals surface area contributed by atoms with E-state index in [1.165, 1.54) is 0 Å². The maximum atomic E-state index is 12.6. The van der Waals surface area contributed by atoms with Crippen LogP contribution in [0.15, 0.2) is 59.6 Å². The number of nitrogens with one attached hydrogen (secondary N) is 1. The minimum atomic E-state index is 0. The molecule has 0 saturated heterocycles. The Morgan fingerprint density at radius 3 is 2.21 bits per heavy atom. The summed E-state index contributed by atoms with van der Waals surface area (Å²) in [6.45, 7) is 4.15. The summed E-state index contributed by atoms with van der Waals surface area (Å²) in [5, 5.41) is 3.17. The Morgan fingerprint density at radius 1 is 1.03 bits per heavy atom. The van der Waals surface area contributed by atoms with Crippen LogP contribution in [0.2, 0.25) is 0 Å². The zero-order valence-electron chi connectivity index (χ0n) is 17.6. The molecular weight excluding hydrogens is 479 g/mol. The number of nitrogens with zero attached hydrogens (tertiary/aromatic N) is 3. The molecule has 158 valence electrons. The summed E-state index contributed by atoms with van der Waals surface area (Å²) in [6.07, 6.45) is 0. The standard InChI is InChI=1S/C22H30N4O2.HI/c1-5-26(17-18-9-7-6-8-10-18)21(27)15-24-22(23-2)25(3)16-19-11-13-20(28-4)14-12-19;/h6-14H,5,15-17H2,1-4H3,(H,23,24);1H. The molecule has 0 radical (unpaired) electrons. The molecule has 0 bridgehead atoms. The van der Waals surface area contributed by atoms with E-state index in [4.69, 9.17) is 4.74 Å². The molecule has 0 heterocycles. The van der Waals surface area contributed by atoms with Gasteiger partial charge in [-0.05, 0) is 30.2 Å². The number of hydrogen-bond acceptors (Lipinski definition) is 3. The Bertz CT molecular complexity index is 766. The molecule has 0 saturated carbocycles. The second kappa shape index (κ2) is 13.0. The molecule has 2 rings (SSSR count). The second-order valence-electron chi connectivity index (χ2n) is 6.50. The summed E-state index contributed by atoms with van der Waals surface area (Å²) < 4.78 is 5.19. The van der Waals surface area contributed by atoms with Crippen LogP contribution in [0.25, 0.3) is 0 Å². The van der Waals surface area contributed by atoms with Gasteiger partial charge in [0.05, 0.1) is 13.7 Å². The number of hydrogen-bond donors (Lipinski definition) is 1. The number of likely N-dealkylation sites (N-methyl/N-ethyl adjacent to an activating group) is 1. The molecule has 0 spiro atoms. The summed E-state index contributed by atoms with van der Waals surface area (Å²) in [5.41, 5.74) is 2.26. The normalized spacial score (nSPS) is 10.7. The lowest BCUT2D eigenvalue weighted by atomic mass is 10.2. The molecule has 0 aliphatic carbocycles. The number of halogens is 1. The lowest BCUT2D eigenvalue weighted by Crippen LogP contribution is -2.44. The number of amides is 1. The zero-order valence-corrected chi connectivity index (χ0v) is 19.9. The molecule has 0 atom stereocenters. The minimum absolute atomic E-state index is 0. The molecular formula is C22H31IN4O2. The Kier molecular flexibility index (Phi) is 11.1. The number of benzene rings is 2. The summed E-state index contributed by atoms with van der Waals surface area (Å²) in [7, 11) is 5.33. The zero-order chi connectivity index (χ0) is 20.4. The van der Waals surface area contributed by atoms with E-state index < -0.39 is 0 Å². The van der Waals surface area contributed by atoms with E-state index in [0.717, 1.165) is 16.9 Å². The van der Waals surface area contributed by atoms with Crippen molar-refractivity contribution in [3.05, 3.63) is 65.7 Å². The van der Waals surface area contributed by atoms with Gasteiger partial charge in [-0.15, -0.1) is 24.0 Å². The quantitative estimate of drug-likeness (QED) is 0.336. The first-order valence-electron chi connectivity index (χ1n) is 9.43. The van der Waals surface area contributed by atoms with Crippen molar-refractivity contribution in [2.75, 3.05) is 34.3 Å². The van der Waals surface area contributed by atoms with Crippen LogP contribution in [-0.4, -0.2) is 56.0 Å². The van der Waals surface area contributed by atoms with E-state index in [9.17, 15) is 4.79 Å². The van der Waals surface area contributed by atoms with Crippen molar-refractivity contribution >= 4 is 35.8 Å². The average molecular weight is 510 g/mol. The molecule has 1 N–H and O–H groups in total. The monoisotopic (exact) mass is 510 g/mol.